The van der Waals surface area contributed by atoms with Crippen LogP contribution in [-0.4, -0.2) is 47.7 Å². The normalized spacial score (nSPS) is 18.8. The van der Waals surface area contributed by atoms with Gasteiger partial charge < -0.3 is 15.0 Å². The summed E-state index contributed by atoms with van der Waals surface area (Å²) in [6.07, 6.45) is 0. The van der Waals surface area contributed by atoms with Gasteiger partial charge in [0.25, 0.3) is 0 Å². The number of anilines is 3. The Labute approximate surface area is 269 Å². The van der Waals surface area contributed by atoms with Crippen molar-refractivity contribution >= 4 is 57.9 Å². The second kappa shape index (κ2) is 12.6. The third-order valence-electron chi connectivity index (χ3n) is 8.36. The van der Waals surface area contributed by atoms with Crippen LogP contribution < -0.4 is 24.7 Å². The summed E-state index contributed by atoms with van der Waals surface area (Å²) in [6.45, 7) is 7.62. The SMILES string of the molecule is CCN(CC)c1ccc(C2c3sc(=O)n(CC(=O)Nc4cccc(C)c4)c3SC3C(=O)N(c4ccc(OC)cc4)C(=O)C32)cc1. The molecule has 45 heavy (non-hydrogen) atoms. The van der Waals surface area contributed by atoms with Crippen LogP contribution in [0.1, 0.15) is 35.8 Å². The predicted molar refractivity (Wildman–Crippen MR) is 179 cm³/mol. The fraction of sp³-hybridized carbons (Fsp3) is 0.294. The Morgan fingerprint density at radius 3 is 2.31 bits per heavy atom. The number of carbonyl (C=O) groups is 3. The molecule has 2 aliphatic rings. The maximum Gasteiger partial charge on any atom is 0.308 e. The summed E-state index contributed by atoms with van der Waals surface area (Å²) >= 11 is 2.25. The number of fused-ring (bicyclic) bond motifs is 2. The molecule has 1 aromatic heterocycles. The van der Waals surface area contributed by atoms with Crippen molar-refractivity contribution in [1.29, 1.82) is 0 Å². The Bertz CT molecular complexity index is 1810. The van der Waals surface area contributed by atoms with E-state index in [4.69, 9.17) is 4.74 Å². The maximum absolute atomic E-state index is 14.2. The van der Waals surface area contributed by atoms with Crippen LogP contribution in [0.25, 0.3) is 0 Å². The molecule has 0 saturated carbocycles. The average Bonchev–Trinajstić information content (AvgIpc) is 3.48. The standard InChI is InChI=1S/C34H34N4O5S2/c1-5-36(6-2)23-12-10-21(11-13-23)27-28-29(32(41)38(31(28)40)24-14-16-25(43-4)17-15-24)44-33-30(27)45-34(42)37(33)19-26(39)35-22-9-7-8-20(3)18-22/h7-18,27-29H,5-6,19H2,1-4H3,(H,35,39). The molecule has 0 radical (unpaired) electrons. The van der Waals surface area contributed by atoms with E-state index in [0.29, 0.717) is 27.0 Å². The van der Waals surface area contributed by atoms with Crippen LogP contribution in [0.2, 0.25) is 0 Å². The van der Waals surface area contributed by atoms with E-state index in [9.17, 15) is 19.2 Å². The molecule has 2 aliphatic heterocycles. The number of thioether (sulfide) groups is 1. The number of benzene rings is 3. The zero-order chi connectivity index (χ0) is 31.8. The molecule has 3 atom stereocenters. The highest BCUT2D eigenvalue weighted by Crippen LogP contribution is 2.54. The quantitative estimate of drug-likeness (QED) is 0.241. The number of nitrogens with one attached hydrogen (secondary N) is 1. The van der Waals surface area contributed by atoms with Gasteiger partial charge in [-0.3, -0.25) is 23.7 Å². The number of ether oxygens (including phenoxy) is 1. The molecular formula is C34H34N4O5S2. The van der Waals surface area contributed by atoms with Crippen molar-refractivity contribution < 1.29 is 19.1 Å². The topological polar surface area (TPSA) is 101 Å². The van der Waals surface area contributed by atoms with Gasteiger partial charge in [-0.2, -0.15) is 0 Å². The highest BCUT2D eigenvalue weighted by Gasteiger charge is 2.56. The predicted octanol–water partition coefficient (Wildman–Crippen LogP) is 5.51. The molecule has 232 valence electrons. The molecule has 11 heteroatoms. The Balaban J connectivity index is 1.40. The molecule has 6 rings (SSSR count). The first-order valence-electron chi connectivity index (χ1n) is 14.9. The third kappa shape index (κ3) is 5.66. The molecule has 3 heterocycles. The second-order valence-electron chi connectivity index (χ2n) is 11.1. The van der Waals surface area contributed by atoms with Crippen LogP contribution >= 0.6 is 23.1 Å². The van der Waals surface area contributed by atoms with Gasteiger partial charge in [-0.05, 0) is 80.4 Å². The van der Waals surface area contributed by atoms with Crippen LogP contribution in [0, 0.1) is 12.8 Å². The third-order valence-corrected chi connectivity index (χ3v) is 11.0. The van der Waals surface area contributed by atoms with Gasteiger partial charge in [0.15, 0.2) is 0 Å². The van der Waals surface area contributed by atoms with E-state index in [1.165, 1.54) is 21.2 Å². The summed E-state index contributed by atoms with van der Waals surface area (Å²) in [5.41, 5.74) is 4.01. The second-order valence-corrected chi connectivity index (χ2v) is 13.2. The number of rotatable bonds is 9. The van der Waals surface area contributed by atoms with E-state index in [0.717, 1.165) is 41.2 Å². The fourth-order valence-corrected chi connectivity index (χ4v) is 8.92. The van der Waals surface area contributed by atoms with Gasteiger partial charge in [0.05, 0.1) is 23.7 Å². The van der Waals surface area contributed by atoms with Gasteiger partial charge in [0, 0.05) is 35.3 Å². The van der Waals surface area contributed by atoms with Crippen molar-refractivity contribution in [3.8, 4) is 5.75 Å². The molecule has 1 N–H and O–H groups in total. The summed E-state index contributed by atoms with van der Waals surface area (Å²) in [5.74, 6) is -1.63. The van der Waals surface area contributed by atoms with Crippen LogP contribution in [-0.2, 0) is 20.9 Å². The Morgan fingerprint density at radius 2 is 1.67 bits per heavy atom. The summed E-state index contributed by atoms with van der Waals surface area (Å²) in [6, 6.07) is 22.3. The first kappa shape index (κ1) is 30.7. The number of aryl methyl sites for hydroxylation is 1. The molecule has 0 spiro atoms. The number of carbonyl (C=O) groups excluding carboxylic acids is 3. The summed E-state index contributed by atoms with van der Waals surface area (Å²) in [7, 11) is 1.56. The molecule has 0 bridgehead atoms. The number of thiazole rings is 1. The lowest BCUT2D eigenvalue weighted by molar-refractivity contribution is -0.122. The molecule has 3 amide bonds. The molecular weight excluding hydrogens is 609 g/mol. The summed E-state index contributed by atoms with van der Waals surface area (Å²) in [4.78, 5) is 58.7. The molecule has 4 aromatic rings. The Kier molecular flexibility index (Phi) is 8.56. The van der Waals surface area contributed by atoms with Crippen LogP contribution in [0.4, 0.5) is 17.1 Å². The summed E-state index contributed by atoms with van der Waals surface area (Å²) < 4.78 is 6.71. The maximum atomic E-state index is 14.2. The summed E-state index contributed by atoms with van der Waals surface area (Å²) in [5, 5.41) is 2.67. The van der Waals surface area contributed by atoms with Crippen molar-refractivity contribution in [2.75, 3.05) is 35.3 Å². The molecule has 1 saturated heterocycles. The van der Waals surface area contributed by atoms with Crippen molar-refractivity contribution in [3.05, 3.63) is 98.5 Å². The minimum absolute atomic E-state index is 0.207. The number of amides is 3. The van der Waals surface area contributed by atoms with Crippen molar-refractivity contribution in [2.45, 2.75) is 43.5 Å². The Morgan fingerprint density at radius 1 is 0.956 bits per heavy atom. The minimum Gasteiger partial charge on any atom is -0.497 e. The lowest BCUT2D eigenvalue weighted by Gasteiger charge is -2.31. The molecule has 3 aromatic carbocycles. The monoisotopic (exact) mass is 642 g/mol. The lowest BCUT2D eigenvalue weighted by Crippen LogP contribution is -2.33. The Hall–Kier alpha value is -4.35. The van der Waals surface area contributed by atoms with E-state index < -0.39 is 17.1 Å². The van der Waals surface area contributed by atoms with Gasteiger partial charge in [-0.25, -0.2) is 4.90 Å². The molecule has 3 unspecified atom stereocenters. The molecule has 1 fully saturated rings. The first-order chi connectivity index (χ1) is 21.7. The van der Waals surface area contributed by atoms with E-state index in [1.807, 2.05) is 49.4 Å². The number of hydrogen-bond acceptors (Lipinski definition) is 8. The first-order valence-corrected chi connectivity index (χ1v) is 16.6. The number of nitrogens with zero attached hydrogens (tertiary/aromatic N) is 3. The number of hydrogen-bond donors (Lipinski definition) is 1. The van der Waals surface area contributed by atoms with Crippen molar-refractivity contribution in [1.82, 2.24) is 4.57 Å². The highest BCUT2D eigenvalue weighted by molar-refractivity contribution is 8.00. The smallest absolute Gasteiger partial charge is 0.308 e. The number of imide groups is 1. The van der Waals surface area contributed by atoms with Crippen LogP contribution in [0.3, 0.4) is 0 Å². The van der Waals surface area contributed by atoms with Gasteiger partial charge >= 0.3 is 4.87 Å². The molecule has 9 nitrogen and oxygen atoms in total. The number of aromatic nitrogens is 1. The van der Waals surface area contributed by atoms with Crippen molar-refractivity contribution in [2.24, 2.45) is 5.92 Å². The van der Waals surface area contributed by atoms with E-state index >= 15 is 0 Å². The van der Waals surface area contributed by atoms with Crippen molar-refractivity contribution in [3.63, 3.8) is 0 Å². The molecule has 0 aliphatic carbocycles. The minimum atomic E-state index is -0.764. The van der Waals surface area contributed by atoms with Gasteiger partial charge in [0.2, 0.25) is 17.7 Å². The van der Waals surface area contributed by atoms with Gasteiger partial charge in [-0.1, -0.05) is 47.4 Å². The van der Waals surface area contributed by atoms with Crippen LogP contribution in [0.5, 0.6) is 5.75 Å². The average molecular weight is 643 g/mol. The number of methoxy groups -OCH3 is 1. The van der Waals surface area contributed by atoms with E-state index in [-0.39, 0.29) is 29.1 Å². The zero-order valence-corrected chi connectivity index (χ0v) is 27.1. The largest absolute Gasteiger partial charge is 0.497 e. The van der Waals surface area contributed by atoms with Gasteiger partial charge in [-0.15, -0.1) is 0 Å². The van der Waals surface area contributed by atoms with Crippen LogP contribution in [0.15, 0.2) is 82.6 Å². The van der Waals surface area contributed by atoms with E-state index in [2.05, 4.69) is 24.1 Å². The van der Waals surface area contributed by atoms with E-state index in [1.54, 1.807) is 37.4 Å². The van der Waals surface area contributed by atoms with Gasteiger partial charge in [0.1, 0.15) is 17.5 Å². The highest BCUT2D eigenvalue weighted by atomic mass is 32.2. The lowest BCUT2D eigenvalue weighted by atomic mass is 9.83. The fourth-order valence-electron chi connectivity index (χ4n) is 6.15. The zero-order valence-electron chi connectivity index (χ0n) is 25.5.